The van der Waals surface area contributed by atoms with Gasteiger partial charge in [-0.2, -0.15) is 0 Å². The fraction of sp³-hybridized carbons (Fsp3) is 0.450. The van der Waals surface area contributed by atoms with E-state index in [0.717, 1.165) is 14.8 Å². The van der Waals surface area contributed by atoms with Crippen molar-refractivity contribution >= 4 is 29.0 Å². The number of carbonyl (C=O) groups excluding carboxylic acids is 1. The molecule has 1 N–H and O–H groups in total. The third kappa shape index (κ3) is 6.04. The van der Waals surface area contributed by atoms with E-state index >= 15 is 0 Å². The van der Waals surface area contributed by atoms with E-state index in [0.29, 0.717) is 24.6 Å². The van der Waals surface area contributed by atoms with E-state index in [9.17, 15) is 4.79 Å². The number of urea groups is 1. The third-order valence-electron chi connectivity index (χ3n) is 4.03. The maximum Gasteiger partial charge on any atom is 0.318 e. The fourth-order valence-electron chi connectivity index (χ4n) is 2.62. The van der Waals surface area contributed by atoms with Crippen LogP contribution in [0.4, 0.5) is 4.79 Å². The molecule has 0 fully saturated rings. The van der Waals surface area contributed by atoms with Gasteiger partial charge in [-0.3, -0.25) is 0 Å². The highest BCUT2D eigenvalue weighted by molar-refractivity contribution is 7.16. The number of ether oxygens (including phenoxy) is 2. The zero-order chi connectivity index (χ0) is 20.0. The van der Waals surface area contributed by atoms with Gasteiger partial charge in [0.25, 0.3) is 0 Å². The van der Waals surface area contributed by atoms with Gasteiger partial charge in [0.2, 0.25) is 0 Å². The van der Waals surface area contributed by atoms with Crippen molar-refractivity contribution in [3.63, 3.8) is 0 Å². The van der Waals surface area contributed by atoms with Crippen LogP contribution >= 0.6 is 22.9 Å². The average molecular weight is 411 g/mol. The van der Waals surface area contributed by atoms with E-state index in [4.69, 9.17) is 21.1 Å². The molecule has 148 valence electrons. The van der Waals surface area contributed by atoms with Crippen LogP contribution in [0.5, 0.6) is 11.5 Å². The molecule has 7 heteroatoms. The summed E-state index contributed by atoms with van der Waals surface area (Å²) in [4.78, 5) is 15.5. The first kappa shape index (κ1) is 21.4. The summed E-state index contributed by atoms with van der Waals surface area (Å²) in [5, 5.41) is 3.05. The maximum absolute atomic E-state index is 12.7. The number of nitrogens with zero attached hydrogens (tertiary/aromatic N) is 1. The lowest BCUT2D eigenvalue weighted by Crippen LogP contribution is -2.40. The molecule has 0 radical (unpaired) electrons. The van der Waals surface area contributed by atoms with Crippen molar-refractivity contribution in [2.24, 2.45) is 0 Å². The summed E-state index contributed by atoms with van der Waals surface area (Å²) >= 11 is 7.47. The number of thiophene rings is 1. The number of methoxy groups -OCH3 is 1. The first-order valence-corrected chi connectivity index (χ1v) is 10.2. The second-order valence-corrected chi connectivity index (χ2v) is 8.27. The molecule has 0 aliphatic heterocycles. The van der Waals surface area contributed by atoms with E-state index < -0.39 is 0 Å². The molecule has 1 aromatic heterocycles. The predicted octanol–water partition coefficient (Wildman–Crippen LogP) is 5.49. The van der Waals surface area contributed by atoms with Gasteiger partial charge in [0, 0.05) is 11.4 Å². The number of carbonyl (C=O) groups is 1. The summed E-state index contributed by atoms with van der Waals surface area (Å²) in [6.07, 6.45) is 0.0609. The number of hydrogen-bond acceptors (Lipinski definition) is 4. The van der Waals surface area contributed by atoms with Crippen molar-refractivity contribution in [2.75, 3.05) is 13.7 Å². The van der Waals surface area contributed by atoms with E-state index in [1.807, 2.05) is 58.0 Å². The number of rotatable bonds is 8. The summed E-state index contributed by atoms with van der Waals surface area (Å²) in [7, 11) is 1.61. The van der Waals surface area contributed by atoms with Crippen LogP contribution in [0.3, 0.4) is 0 Å². The van der Waals surface area contributed by atoms with Gasteiger partial charge in [0.1, 0.15) is 0 Å². The van der Waals surface area contributed by atoms with Gasteiger partial charge < -0.3 is 19.7 Å². The van der Waals surface area contributed by atoms with Crippen LogP contribution in [-0.4, -0.2) is 30.7 Å². The second kappa shape index (κ2) is 9.85. The smallest absolute Gasteiger partial charge is 0.318 e. The summed E-state index contributed by atoms with van der Waals surface area (Å²) in [6.45, 7) is 8.99. The number of halogens is 1. The Bertz CT molecular complexity index is 763. The molecule has 27 heavy (non-hydrogen) atoms. The molecule has 5 nitrogen and oxygen atoms in total. The number of nitrogens with one attached hydrogen (secondary N) is 1. The van der Waals surface area contributed by atoms with Crippen LogP contribution in [0.2, 0.25) is 4.34 Å². The van der Waals surface area contributed by atoms with Crippen molar-refractivity contribution < 1.29 is 14.3 Å². The van der Waals surface area contributed by atoms with Crippen molar-refractivity contribution in [1.82, 2.24) is 10.2 Å². The highest BCUT2D eigenvalue weighted by Gasteiger charge is 2.18. The molecule has 0 aliphatic carbocycles. The molecule has 2 aromatic rings. The SMILES string of the molecule is CCN(Cc1ccc(Cl)s1)C(=O)NC(C)c1ccc(OC(C)C)c(OC)c1. The lowest BCUT2D eigenvalue weighted by atomic mass is 10.1. The third-order valence-corrected chi connectivity index (χ3v) is 5.25. The largest absolute Gasteiger partial charge is 0.493 e. The van der Waals surface area contributed by atoms with Crippen LogP contribution in [0.15, 0.2) is 30.3 Å². The second-order valence-electron chi connectivity index (χ2n) is 6.47. The number of amides is 2. The summed E-state index contributed by atoms with van der Waals surface area (Å²) in [6, 6.07) is 9.24. The Hall–Kier alpha value is -1.92. The molecular formula is C20H27ClN2O3S. The molecule has 2 amide bonds. The van der Waals surface area contributed by atoms with Gasteiger partial charge in [-0.15, -0.1) is 11.3 Å². The minimum Gasteiger partial charge on any atom is -0.493 e. The van der Waals surface area contributed by atoms with E-state index in [-0.39, 0.29) is 18.2 Å². The Labute approximate surface area is 170 Å². The van der Waals surface area contributed by atoms with E-state index in [1.54, 1.807) is 12.0 Å². The highest BCUT2D eigenvalue weighted by Crippen LogP contribution is 2.31. The van der Waals surface area contributed by atoms with Crippen molar-refractivity contribution in [2.45, 2.75) is 46.4 Å². The van der Waals surface area contributed by atoms with Gasteiger partial charge in [0.15, 0.2) is 11.5 Å². The van der Waals surface area contributed by atoms with Gasteiger partial charge in [-0.1, -0.05) is 17.7 Å². The minimum atomic E-state index is -0.166. The molecule has 2 rings (SSSR count). The molecule has 0 saturated heterocycles. The van der Waals surface area contributed by atoms with Crippen LogP contribution in [-0.2, 0) is 6.54 Å². The van der Waals surface area contributed by atoms with Crippen LogP contribution in [0.25, 0.3) is 0 Å². The Morgan fingerprint density at radius 3 is 2.52 bits per heavy atom. The van der Waals surface area contributed by atoms with Gasteiger partial charge in [-0.25, -0.2) is 4.79 Å². The standard InChI is InChI=1S/C20H27ClN2O3S/c1-6-23(12-16-8-10-19(21)27-16)20(24)22-14(4)15-7-9-17(26-13(2)3)18(11-15)25-5/h7-11,13-14H,6,12H2,1-5H3,(H,22,24). The van der Waals surface area contributed by atoms with Gasteiger partial charge in [-0.05, 0) is 57.5 Å². The molecule has 1 unspecified atom stereocenters. The van der Waals surface area contributed by atoms with E-state index in [1.165, 1.54) is 11.3 Å². The van der Waals surface area contributed by atoms with Crippen LogP contribution in [0.1, 0.15) is 44.2 Å². The summed E-state index contributed by atoms with van der Waals surface area (Å²) in [5.74, 6) is 1.35. The average Bonchev–Trinajstić information content (AvgIpc) is 3.04. The molecule has 0 aliphatic rings. The molecule has 0 spiro atoms. The maximum atomic E-state index is 12.7. The van der Waals surface area contributed by atoms with Crippen molar-refractivity contribution in [3.8, 4) is 11.5 Å². The lowest BCUT2D eigenvalue weighted by molar-refractivity contribution is 0.195. The van der Waals surface area contributed by atoms with Gasteiger partial charge >= 0.3 is 6.03 Å². The fourth-order valence-corrected chi connectivity index (χ4v) is 3.72. The Balaban J connectivity index is 2.05. The van der Waals surface area contributed by atoms with Crippen LogP contribution in [0, 0.1) is 0 Å². The van der Waals surface area contributed by atoms with Crippen molar-refractivity contribution in [1.29, 1.82) is 0 Å². The Kier molecular flexibility index (Phi) is 7.80. The first-order chi connectivity index (χ1) is 12.8. The first-order valence-electron chi connectivity index (χ1n) is 8.98. The molecule has 1 heterocycles. The van der Waals surface area contributed by atoms with E-state index in [2.05, 4.69) is 5.32 Å². The number of hydrogen-bond donors (Lipinski definition) is 1. The lowest BCUT2D eigenvalue weighted by Gasteiger charge is -2.24. The molecule has 0 bridgehead atoms. The van der Waals surface area contributed by atoms with Crippen molar-refractivity contribution in [3.05, 3.63) is 45.1 Å². The summed E-state index contributed by atoms with van der Waals surface area (Å²) < 4.78 is 11.9. The molecule has 1 atom stereocenters. The molecule has 1 aromatic carbocycles. The monoisotopic (exact) mass is 410 g/mol. The predicted molar refractivity (Wildman–Crippen MR) is 111 cm³/mol. The quantitative estimate of drug-likeness (QED) is 0.625. The highest BCUT2D eigenvalue weighted by atomic mass is 35.5. The Morgan fingerprint density at radius 1 is 1.22 bits per heavy atom. The summed E-state index contributed by atoms with van der Waals surface area (Å²) in [5.41, 5.74) is 0.950. The number of benzene rings is 1. The zero-order valence-electron chi connectivity index (χ0n) is 16.4. The molecule has 0 saturated carbocycles. The zero-order valence-corrected chi connectivity index (χ0v) is 18.0. The topological polar surface area (TPSA) is 50.8 Å². The normalized spacial score (nSPS) is 12.0. The van der Waals surface area contributed by atoms with Crippen LogP contribution < -0.4 is 14.8 Å². The minimum absolute atomic E-state index is 0.0609. The van der Waals surface area contributed by atoms with Gasteiger partial charge in [0.05, 0.1) is 30.1 Å². The molecular weight excluding hydrogens is 384 g/mol. The Morgan fingerprint density at radius 2 is 1.96 bits per heavy atom.